The maximum absolute atomic E-state index is 5.93. The van der Waals surface area contributed by atoms with Crippen molar-refractivity contribution >= 4 is 23.0 Å². The highest BCUT2D eigenvalue weighted by Crippen LogP contribution is 2.44. The molecule has 0 unspecified atom stereocenters. The molecule has 0 radical (unpaired) electrons. The number of nitrogens with zero attached hydrogens (tertiary/aromatic N) is 3. The maximum Gasteiger partial charge on any atom is 0.174 e. The molecule has 2 aromatic heterocycles. The van der Waals surface area contributed by atoms with Crippen molar-refractivity contribution in [2.24, 2.45) is 0 Å². The Kier molecular flexibility index (Phi) is 6.54. The third kappa shape index (κ3) is 4.26. The maximum atomic E-state index is 5.93. The summed E-state index contributed by atoms with van der Waals surface area (Å²) < 4.78 is 7.78. The fourth-order valence-electron chi connectivity index (χ4n) is 5.20. The van der Waals surface area contributed by atoms with Gasteiger partial charge in [-0.2, -0.15) is 0 Å². The predicted molar refractivity (Wildman–Crippen MR) is 150 cm³/mol. The first kappa shape index (κ1) is 24.1. The van der Waals surface area contributed by atoms with Crippen LogP contribution in [0.2, 0.25) is 0 Å². The monoisotopic (exact) mass is 496 g/mol. The topological polar surface area (TPSA) is 42.3 Å². The Balaban J connectivity index is 1.65. The molecule has 5 rings (SSSR count). The Labute approximate surface area is 218 Å². The number of methoxy groups -OCH3 is 1. The van der Waals surface area contributed by atoms with Crippen LogP contribution in [0.3, 0.4) is 0 Å². The van der Waals surface area contributed by atoms with Gasteiger partial charge in [0.1, 0.15) is 5.75 Å². The van der Waals surface area contributed by atoms with Crippen molar-refractivity contribution in [3.05, 3.63) is 107 Å². The summed E-state index contributed by atoms with van der Waals surface area (Å²) >= 11 is 5.93. The smallest absolute Gasteiger partial charge is 0.174 e. The van der Waals surface area contributed by atoms with Crippen molar-refractivity contribution in [2.45, 2.75) is 45.7 Å². The lowest BCUT2D eigenvalue weighted by Crippen LogP contribution is -2.29. The summed E-state index contributed by atoms with van der Waals surface area (Å²) in [6.45, 7) is 8.75. The van der Waals surface area contributed by atoms with Gasteiger partial charge in [0, 0.05) is 35.0 Å². The number of ether oxygens (including phenoxy) is 1. The molecule has 1 fully saturated rings. The molecule has 3 heterocycles. The normalized spacial score (nSPS) is 17.5. The van der Waals surface area contributed by atoms with Crippen molar-refractivity contribution in [1.29, 1.82) is 0 Å². The van der Waals surface area contributed by atoms with Crippen LogP contribution in [0.5, 0.6) is 5.75 Å². The Morgan fingerprint density at radius 3 is 2.39 bits per heavy atom. The first-order chi connectivity index (χ1) is 17.4. The highest BCUT2D eigenvalue weighted by Gasteiger charge is 2.42. The number of benzene rings is 2. The number of rotatable bonds is 6. The van der Waals surface area contributed by atoms with Crippen LogP contribution in [0.1, 0.15) is 60.1 Å². The quantitative estimate of drug-likeness (QED) is 0.297. The Bertz CT molecular complexity index is 1380. The lowest BCUT2D eigenvalue weighted by molar-refractivity contribution is 0.414. The van der Waals surface area contributed by atoms with Gasteiger partial charge in [-0.3, -0.25) is 4.98 Å². The largest absolute Gasteiger partial charge is 0.497 e. The second-order valence-electron chi connectivity index (χ2n) is 9.61. The minimum Gasteiger partial charge on any atom is -0.497 e. The van der Waals surface area contributed by atoms with Crippen LogP contribution in [0.25, 0.3) is 5.69 Å². The van der Waals surface area contributed by atoms with Gasteiger partial charge in [0.05, 0.1) is 24.9 Å². The van der Waals surface area contributed by atoms with E-state index in [0.717, 1.165) is 28.5 Å². The number of hydrogen-bond donors (Lipinski definition) is 1. The van der Waals surface area contributed by atoms with Gasteiger partial charge >= 0.3 is 0 Å². The summed E-state index contributed by atoms with van der Waals surface area (Å²) in [5.74, 6) is 1.31. The third-order valence-electron chi connectivity index (χ3n) is 7.04. The molecule has 2 atom stereocenters. The van der Waals surface area contributed by atoms with Crippen LogP contribution >= 0.6 is 12.2 Å². The SMILES string of the molecule is COc1cccc(-n2c(C)cc([C@@H]3[C@H](c4ccccn4)NC(=S)N3c3ccc(C(C)C)cc3)c2C)c1. The molecular formula is C30H32N4OS. The van der Waals surface area contributed by atoms with E-state index in [4.69, 9.17) is 21.9 Å². The van der Waals surface area contributed by atoms with Crippen LogP contribution in [-0.4, -0.2) is 21.8 Å². The molecule has 1 saturated heterocycles. The van der Waals surface area contributed by atoms with Crippen LogP contribution in [-0.2, 0) is 0 Å². The Hall–Kier alpha value is -3.64. The molecule has 0 saturated carbocycles. The number of aromatic nitrogens is 2. The second-order valence-corrected chi connectivity index (χ2v) is 9.99. The van der Waals surface area contributed by atoms with E-state index in [1.807, 2.05) is 30.5 Å². The molecule has 5 nitrogen and oxygen atoms in total. The van der Waals surface area contributed by atoms with Gasteiger partial charge < -0.3 is 19.5 Å². The van der Waals surface area contributed by atoms with E-state index in [9.17, 15) is 0 Å². The first-order valence-corrected chi connectivity index (χ1v) is 12.7. The molecule has 0 bridgehead atoms. The highest BCUT2D eigenvalue weighted by molar-refractivity contribution is 7.80. The molecule has 36 heavy (non-hydrogen) atoms. The van der Waals surface area contributed by atoms with Crippen molar-refractivity contribution in [3.8, 4) is 11.4 Å². The standard InChI is InChI=1S/C30H32N4OS/c1-19(2)22-12-14-23(15-13-22)34-29(28(32-30(34)36)27-11-6-7-16-31-27)26-17-20(3)33(21(26)4)24-9-8-10-25(18-24)35-5/h6-19,28-29H,1-5H3,(H,32,36)/t28-,29+/m0/s1. The molecule has 1 N–H and O–H groups in total. The minimum atomic E-state index is -0.0808. The van der Waals surface area contributed by atoms with E-state index in [-0.39, 0.29) is 12.1 Å². The van der Waals surface area contributed by atoms with Gasteiger partial charge in [0.2, 0.25) is 0 Å². The zero-order valence-electron chi connectivity index (χ0n) is 21.4. The van der Waals surface area contributed by atoms with Crippen molar-refractivity contribution < 1.29 is 4.74 Å². The molecule has 0 spiro atoms. The molecule has 1 aliphatic rings. The Morgan fingerprint density at radius 1 is 0.944 bits per heavy atom. The number of nitrogens with one attached hydrogen (secondary N) is 1. The number of aryl methyl sites for hydroxylation is 1. The van der Waals surface area contributed by atoms with Crippen LogP contribution in [0.4, 0.5) is 5.69 Å². The Morgan fingerprint density at radius 2 is 1.72 bits per heavy atom. The van der Waals surface area contributed by atoms with Crippen molar-refractivity contribution in [1.82, 2.24) is 14.9 Å². The van der Waals surface area contributed by atoms with Crippen LogP contribution in [0.15, 0.2) is 79.0 Å². The highest BCUT2D eigenvalue weighted by atomic mass is 32.1. The zero-order valence-corrected chi connectivity index (χ0v) is 22.2. The first-order valence-electron chi connectivity index (χ1n) is 12.3. The summed E-state index contributed by atoms with van der Waals surface area (Å²) in [6, 6.07) is 25.1. The zero-order chi connectivity index (χ0) is 25.4. The summed E-state index contributed by atoms with van der Waals surface area (Å²) in [4.78, 5) is 6.95. The molecule has 2 aromatic carbocycles. The van der Waals surface area contributed by atoms with Gasteiger partial charge in [0.25, 0.3) is 0 Å². The van der Waals surface area contributed by atoms with Gasteiger partial charge in [-0.05, 0) is 85.6 Å². The molecule has 0 amide bonds. The van der Waals surface area contributed by atoms with E-state index in [1.165, 1.54) is 16.8 Å². The fraction of sp³-hybridized carbons (Fsp3) is 0.267. The molecule has 4 aromatic rings. The lowest BCUT2D eigenvalue weighted by atomic mass is 9.96. The average molecular weight is 497 g/mol. The number of thiocarbonyl (C=S) groups is 1. The fourth-order valence-corrected chi connectivity index (χ4v) is 5.55. The van der Waals surface area contributed by atoms with Gasteiger partial charge in [0.15, 0.2) is 5.11 Å². The minimum absolute atomic E-state index is 0.0529. The third-order valence-corrected chi connectivity index (χ3v) is 7.35. The summed E-state index contributed by atoms with van der Waals surface area (Å²) in [5, 5.41) is 4.29. The van der Waals surface area contributed by atoms with Gasteiger partial charge in [-0.25, -0.2) is 0 Å². The molecule has 1 aliphatic heterocycles. The lowest BCUT2D eigenvalue weighted by Gasteiger charge is -2.28. The van der Waals surface area contributed by atoms with E-state index >= 15 is 0 Å². The van der Waals surface area contributed by atoms with Crippen molar-refractivity contribution in [3.63, 3.8) is 0 Å². The van der Waals surface area contributed by atoms with Crippen LogP contribution in [0, 0.1) is 13.8 Å². The predicted octanol–water partition coefficient (Wildman–Crippen LogP) is 6.80. The summed E-state index contributed by atoms with van der Waals surface area (Å²) in [7, 11) is 1.70. The molecule has 184 valence electrons. The number of pyridine rings is 1. The molecule has 0 aliphatic carbocycles. The van der Waals surface area contributed by atoms with Gasteiger partial charge in [-0.1, -0.05) is 38.1 Å². The average Bonchev–Trinajstić information content (AvgIpc) is 3.39. The van der Waals surface area contributed by atoms with E-state index < -0.39 is 0 Å². The number of hydrogen-bond acceptors (Lipinski definition) is 3. The van der Waals surface area contributed by atoms with E-state index in [2.05, 4.69) is 91.0 Å². The number of anilines is 1. The van der Waals surface area contributed by atoms with E-state index in [0.29, 0.717) is 11.0 Å². The van der Waals surface area contributed by atoms with Crippen LogP contribution < -0.4 is 15.0 Å². The van der Waals surface area contributed by atoms with Crippen molar-refractivity contribution in [2.75, 3.05) is 12.0 Å². The molecular weight excluding hydrogens is 464 g/mol. The van der Waals surface area contributed by atoms with Gasteiger partial charge in [-0.15, -0.1) is 0 Å². The summed E-state index contributed by atoms with van der Waals surface area (Å²) in [6.07, 6.45) is 1.84. The van der Waals surface area contributed by atoms with E-state index in [1.54, 1.807) is 7.11 Å². The molecule has 6 heteroatoms. The summed E-state index contributed by atoms with van der Waals surface area (Å²) in [5.41, 5.74) is 7.97. The second kappa shape index (κ2) is 9.78.